The van der Waals surface area contributed by atoms with Crippen molar-refractivity contribution in [2.75, 3.05) is 0 Å². The van der Waals surface area contributed by atoms with Gasteiger partial charge in [0.25, 0.3) is 0 Å². The molecule has 8 heteroatoms. The monoisotopic (exact) mass is 455 g/mol. The van der Waals surface area contributed by atoms with Crippen molar-refractivity contribution in [1.29, 1.82) is 0 Å². The summed E-state index contributed by atoms with van der Waals surface area (Å²) in [6.07, 6.45) is 0. The second kappa shape index (κ2) is 8.51. The van der Waals surface area contributed by atoms with E-state index in [0.29, 0.717) is 10.8 Å². The quantitative estimate of drug-likeness (QED) is 0.195. The zero-order valence-corrected chi connectivity index (χ0v) is 16.0. The van der Waals surface area contributed by atoms with Gasteiger partial charge in [-0.1, -0.05) is 18.6 Å². The first kappa shape index (κ1) is 23.2. The topological polar surface area (TPSA) is 0 Å². The van der Waals surface area contributed by atoms with Crippen LogP contribution in [0.2, 0.25) is 0 Å². The molecule has 0 spiro atoms. The third-order valence-electron chi connectivity index (χ3n) is 3.37. The summed E-state index contributed by atoms with van der Waals surface area (Å²) in [6, 6.07) is 7.96. The van der Waals surface area contributed by atoms with Gasteiger partial charge in [0.15, 0.2) is 23.3 Å². The van der Waals surface area contributed by atoms with Crippen LogP contribution in [-0.2, 0) is 26.2 Å². The molecule has 0 aliphatic carbocycles. The predicted molar refractivity (Wildman–Crippen MR) is 69.5 cm³/mol. The molecule has 0 amide bonds. The molecular formula is C16H8Cl2F5Zr. The van der Waals surface area contributed by atoms with E-state index in [9.17, 15) is 22.0 Å². The summed E-state index contributed by atoms with van der Waals surface area (Å²) in [5.41, 5.74) is -0.0858. The van der Waals surface area contributed by atoms with E-state index in [1.165, 1.54) is 12.1 Å². The van der Waals surface area contributed by atoms with Crippen molar-refractivity contribution < 1.29 is 73.0 Å². The van der Waals surface area contributed by atoms with Gasteiger partial charge in [-0.15, -0.1) is 34.5 Å². The van der Waals surface area contributed by atoms with E-state index in [-0.39, 0.29) is 56.6 Å². The maximum Gasteiger partial charge on any atom is 3.00 e. The fraction of sp³-hybridized carbons (Fsp3) is 0.0625. The minimum Gasteiger partial charge on any atom is -1.00 e. The van der Waals surface area contributed by atoms with Crippen molar-refractivity contribution >= 4 is 10.8 Å². The number of rotatable bonds is 1. The zero-order valence-electron chi connectivity index (χ0n) is 12.0. The number of halogens is 7. The van der Waals surface area contributed by atoms with Gasteiger partial charge in [-0.05, 0) is 0 Å². The summed E-state index contributed by atoms with van der Waals surface area (Å²) >= 11 is 0. The van der Waals surface area contributed by atoms with Crippen LogP contribution in [0.4, 0.5) is 22.0 Å². The summed E-state index contributed by atoms with van der Waals surface area (Å²) in [5.74, 6) is -9.68. The smallest absolute Gasteiger partial charge is 1.00 e. The number of hydrogen-bond donors (Lipinski definition) is 0. The van der Waals surface area contributed by atoms with Crippen LogP contribution in [0.3, 0.4) is 0 Å². The Hall–Kier alpha value is -0.837. The molecule has 24 heavy (non-hydrogen) atoms. The Balaban J connectivity index is 0.00000176. The molecule has 3 aromatic carbocycles. The minimum absolute atomic E-state index is 0. The Morgan fingerprint density at radius 3 is 1.83 bits per heavy atom. The third-order valence-corrected chi connectivity index (χ3v) is 3.37. The van der Waals surface area contributed by atoms with Crippen molar-refractivity contribution in [3.63, 3.8) is 0 Å². The minimum atomic E-state index is -2.15. The number of aryl methyl sites for hydroxylation is 1. The molecule has 0 aromatic heterocycles. The van der Waals surface area contributed by atoms with Gasteiger partial charge in [-0.3, -0.25) is 0 Å². The summed E-state index contributed by atoms with van der Waals surface area (Å²) in [5, 5.41) is 1.12. The third kappa shape index (κ3) is 3.56. The first-order valence-corrected chi connectivity index (χ1v) is 6.09. The molecule has 0 fully saturated rings. The Kier molecular flexibility index (Phi) is 8.21. The van der Waals surface area contributed by atoms with E-state index >= 15 is 0 Å². The van der Waals surface area contributed by atoms with Crippen molar-refractivity contribution in [2.24, 2.45) is 0 Å². The van der Waals surface area contributed by atoms with Crippen LogP contribution < -0.4 is 24.8 Å². The zero-order chi connectivity index (χ0) is 15.3. The summed E-state index contributed by atoms with van der Waals surface area (Å²) in [7, 11) is 0. The standard InChI is InChI=1S/C16H8F5.2ClH.Zr/c1-7-5-8-3-2-4-9(10(8)6-7)11-12(17)14(19)16(21)15(20)13(11)18;;;/h2-6H,1H3;2*1H;/q-1;;;+3/p-2. The molecule has 1 radical (unpaired) electrons. The van der Waals surface area contributed by atoms with Crippen LogP contribution in [0, 0.1) is 36.0 Å². The molecular weight excluding hydrogens is 449 g/mol. The van der Waals surface area contributed by atoms with E-state index in [4.69, 9.17) is 0 Å². The predicted octanol–water partition coefficient (Wildman–Crippen LogP) is -0.765. The second-order valence-corrected chi connectivity index (χ2v) is 4.79. The Morgan fingerprint density at radius 1 is 0.792 bits per heavy atom. The fourth-order valence-corrected chi connectivity index (χ4v) is 2.44. The SMILES string of the molecule is Cc1cc2c(-c3c(F)c(F)c(F)c(F)c3F)cccc2[cH-]1.[Cl-].[Cl-].[Zr+3]. The van der Waals surface area contributed by atoms with Crippen molar-refractivity contribution in [2.45, 2.75) is 6.92 Å². The first-order valence-electron chi connectivity index (χ1n) is 6.09. The summed E-state index contributed by atoms with van der Waals surface area (Å²) in [6.45, 7) is 1.78. The molecule has 3 rings (SSSR count). The molecule has 0 unspecified atom stereocenters. The van der Waals surface area contributed by atoms with Gasteiger partial charge in [-0.25, -0.2) is 22.0 Å². The van der Waals surface area contributed by atoms with Gasteiger partial charge in [0.05, 0.1) is 5.56 Å². The van der Waals surface area contributed by atoms with Gasteiger partial charge < -0.3 is 24.8 Å². The molecule has 0 aliphatic rings. The van der Waals surface area contributed by atoms with Gasteiger partial charge in [0, 0.05) is 0 Å². The molecule has 3 aromatic rings. The second-order valence-electron chi connectivity index (χ2n) is 4.79. The van der Waals surface area contributed by atoms with E-state index in [2.05, 4.69) is 0 Å². The Labute approximate surface area is 166 Å². The number of hydrogen-bond acceptors (Lipinski definition) is 0. The normalized spacial score (nSPS) is 9.92. The molecule has 0 nitrogen and oxygen atoms in total. The number of benzene rings is 2. The maximum absolute atomic E-state index is 13.9. The molecule has 0 N–H and O–H groups in total. The van der Waals surface area contributed by atoms with Crippen molar-refractivity contribution in [1.82, 2.24) is 0 Å². The van der Waals surface area contributed by atoms with Crippen molar-refractivity contribution in [3.8, 4) is 11.1 Å². The fourth-order valence-electron chi connectivity index (χ4n) is 2.44. The van der Waals surface area contributed by atoms with Crippen LogP contribution >= 0.6 is 0 Å². The van der Waals surface area contributed by atoms with Crippen LogP contribution in [0.15, 0.2) is 30.3 Å². The first-order chi connectivity index (χ1) is 9.91. The van der Waals surface area contributed by atoms with Crippen LogP contribution in [0.25, 0.3) is 21.9 Å². The molecule has 0 saturated heterocycles. The van der Waals surface area contributed by atoms with E-state index in [1.54, 1.807) is 25.1 Å². The van der Waals surface area contributed by atoms with Gasteiger partial charge in [0.1, 0.15) is 0 Å². The largest absolute Gasteiger partial charge is 3.00 e. The van der Waals surface area contributed by atoms with Gasteiger partial charge >= 0.3 is 26.2 Å². The van der Waals surface area contributed by atoms with Crippen LogP contribution in [0.5, 0.6) is 0 Å². The van der Waals surface area contributed by atoms with Gasteiger partial charge in [0.2, 0.25) is 5.82 Å². The van der Waals surface area contributed by atoms with Crippen LogP contribution in [-0.4, -0.2) is 0 Å². The van der Waals surface area contributed by atoms with Gasteiger partial charge in [-0.2, -0.15) is 6.07 Å². The molecule has 0 saturated carbocycles. The average molecular weight is 457 g/mol. The van der Waals surface area contributed by atoms with E-state index in [0.717, 1.165) is 5.56 Å². The van der Waals surface area contributed by atoms with E-state index < -0.39 is 34.6 Å². The average Bonchev–Trinajstić information content (AvgIpc) is 2.84. The molecule has 0 atom stereocenters. The van der Waals surface area contributed by atoms with Crippen molar-refractivity contribution in [3.05, 3.63) is 65.0 Å². The summed E-state index contributed by atoms with van der Waals surface area (Å²) in [4.78, 5) is 0. The summed E-state index contributed by atoms with van der Waals surface area (Å²) < 4.78 is 67.6. The Bertz CT molecular complexity index is 848. The molecule has 0 heterocycles. The number of fused-ring (bicyclic) bond motifs is 1. The maximum atomic E-state index is 13.9. The van der Waals surface area contributed by atoms with E-state index in [1.807, 2.05) is 0 Å². The molecule has 0 bridgehead atoms. The Morgan fingerprint density at radius 2 is 1.29 bits per heavy atom. The van der Waals surface area contributed by atoms with Crippen LogP contribution in [0.1, 0.15) is 5.56 Å². The molecule has 125 valence electrons. The molecule has 0 aliphatic heterocycles.